The van der Waals surface area contributed by atoms with Crippen LogP contribution < -0.4 is 11.1 Å². The normalized spacial score (nSPS) is 10.6. The van der Waals surface area contributed by atoms with Crippen molar-refractivity contribution >= 4 is 34.4 Å². The summed E-state index contributed by atoms with van der Waals surface area (Å²) in [6, 6.07) is 9.15. The van der Waals surface area contributed by atoms with E-state index in [1.54, 1.807) is 17.8 Å². The highest BCUT2D eigenvalue weighted by atomic mass is 32.2. The number of fused-ring (bicyclic) bond motifs is 1. The highest BCUT2D eigenvalue weighted by Gasteiger charge is 2.11. The molecule has 1 aromatic heterocycles. The predicted octanol–water partition coefficient (Wildman–Crippen LogP) is 2.30. The minimum Gasteiger partial charge on any atom is -0.384 e. The Bertz CT molecular complexity index is 586. The summed E-state index contributed by atoms with van der Waals surface area (Å²) in [5.41, 5.74) is 7.08. The van der Waals surface area contributed by atoms with Gasteiger partial charge in [-0.15, -0.1) is 0 Å². The maximum absolute atomic E-state index is 12.2. The molecular weight excluding hydrogens is 258 g/mol. The number of carbonyl (C=O) groups is 1. The first-order valence-corrected chi connectivity index (χ1v) is 7.54. The van der Waals surface area contributed by atoms with Crippen LogP contribution >= 0.6 is 11.8 Å². The lowest BCUT2D eigenvalue weighted by molar-refractivity contribution is 0.0955. The van der Waals surface area contributed by atoms with Gasteiger partial charge in [0, 0.05) is 11.9 Å². The van der Waals surface area contributed by atoms with Crippen molar-refractivity contribution in [2.75, 3.05) is 24.3 Å². The number of hydrogen-bond acceptors (Lipinski definition) is 4. The van der Waals surface area contributed by atoms with Crippen molar-refractivity contribution in [1.29, 1.82) is 0 Å². The average molecular weight is 275 g/mol. The standard InChI is InChI=1S/C14H17N3OS/c1-19-8-4-7-16-14(18)11-9-13(15)17-12-6-3-2-5-10(11)12/h2-3,5-6,9H,4,7-8H2,1H3,(H2,15,17)(H,16,18). The smallest absolute Gasteiger partial charge is 0.252 e. The fourth-order valence-electron chi connectivity index (χ4n) is 1.90. The number of benzene rings is 1. The lowest BCUT2D eigenvalue weighted by Gasteiger charge is -2.08. The molecule has 1 amide bonds. The van der Waals surface area contributed by atoms with Crippen molar-refractivity contribution in [3.05, 3.63) is 35.9 Å². The predicted molar refractivity (Wildman–Crippen MR) is 81.5 cm³/mol. The fraction of sp³-hybridized carbons (Fsp3) is 0.286. The molecule has 100 valence electrons. The maximum atomic E-state index is 12.2. The number of aromatic nitrogens is 1. The van der Waals surface area contributed by atoms with E-state index in [9.17, 15) is 4.79 Å². The van der Waals surface area contributed by atoms with Crippen LogP contribution in [0.4, 0.5) is 5.82 Å². The SMILES string of the molecule is CSCCCNC(=O)c1cc(N)nc2ccccc12. The van der Waals surface area contributed by atoms with E-state index in [0.29, 0.717) is 17.9 Å². The van der Waals surface area contributed by atoms with Crippen LogP contribution in [0.15, 0.2) is 30.3 Å². The molecule has 4 nitrogen and oxygen atoms in total. The maximum Gasteiger partial charge on any atom is 0.252 e. The van der Waals surface area contributed by atoms with Gasteiger partial charge in [-0.05, 0) is 30.6 Å². The number of hydrogen-bond donors (Lipinski definition) is 2. The Kier molecular flexibility index (Phi) is 4.63. The summed E-state index contributed by atoms with van der Waals surface area (Å²) in [6.07, 6.45) is 3.02. The van der Waals surface area contributed by atoms with Gasteiger partial charge in [-0.1, -0.05) is 18.2 Å². The van der Waals surface area contributed by atoms with Gasteiger partial charge in [-0.25, -0.2) is 4.98 Å². The second-order valence-electron chi connectivity index (χ2n) is 4.21. The Morgan fingerprint density at radius 1 is 1.42 bits per heavy atom. The summed E-state index contributed by atoms with van der Waals surface area (Å²) < 4.78 is 0. The largest absolute Gasteiger partial charge is 0.384 e. The Balaban J connectivity index is 2.21. The number of carbonyl (C=O) groups excluding carboxylic acids is 1. The first-order valence-electron chi connectivity index (χ1n) is 6.15. The number of nitrogens with one attached hydrogen (secondary N) is 1. The van der Waals surface area contributed by atoms with E-state index in [1.807, 2.05) is 24.3 Å². The van der Waals surface area contributed by atoms with Crippen LogP contribution in [0, 0.1) is 0 Å². The average Bonchev–Trinajstić information content (AvgIpc) is 2.42. The number of pyridine rings is 1. The molecule has 0 atom stereocenters. The van der Waals surface area contributed by atoms with Crippen LogP contribution in [0.25, 0.3) is 10.9 Å². The number of nitrogen functional groups attached to an aromatic ring is 1. The first kappa shape index (κ1) is 13.7. The Hall–Kier alpha value is -1.75. The lowest BCUT2D eigenvalue weighted by Crippen LogP contribution is -2.25. The van der Waals surface area contributed by atoms with Gasteiger partial charge in [0.2, 0.25) is 0 Å². The van der Waals surface area contributed by atoms with Crippen molar-refractivity contribution in [2.45, 2.75) is 6.42 Å². The molecule has 3 N–H and O–H groups in total. The third kappa shape index (κ3) is 3.38. The topological polar surface area (TPSA) is 68.0 Å². The summed E-state index contributed by atoms with van der Waals surface area (Å²) in [5, 5.41) is 3.75. The minimum absolute atomic E-state index is 0.0913. The van der Waals surface area contributed by atoms with Crippen LogP contribution in [0.5, 0.6) is 0 Å². The van der Waals surface area contributed by atoms with Gasteiger partial charge < -0.3 is 11.1 Å². The number of thioether (sulfide) groups is 1. The molecule has 0 aliphatic rings. The van der Waals surface area contributed by atoms with Crippen molar-refractivity contribution in [3.63, 3.8) is 0 Å². The third-order valence-electron chi connectivity index (χ3n) is 2.79. The van der Waals surface area contributed by atoms with E-state index in [1.165, 1.54) is 0 Å². The van der Waals surface area contributed by atoms with Crippen LogP contribution in [-0.2, 0) is 0 Å². The molecule has 1 heterocycles. The summed E-state index contributed by atoms with van der Waals surface area (Å²) in [6.45, 7) is 0.677. The zero-order valence-electron chi connectivity index (χ0n) is 10.8. The first-order chi connectivity index (χ1) is 9.22. The van der Waals surface area contributed by atoms with E-state index in [4.69, 9.17) is 5.73 Å². The molecular formula is C14H17N3OS. The molecule has 0 saturated heterocycles. The van der Waals surface area contributed by atoms with E-state index in [2.05, 4.69) is 16.6 Å². The number of nitrogens with two attached hydrogens (primary N) is 1. The Labute approximate surface area is 116 Å². The van der Waals surface area contributed by atoms with Crippen molar-refractivity contribution < 1.29 is 4.79 Å². The number of amides is 1. The van der Waals surface area contributed by atoms with Crippen molar-refractivity contribution in [2.24, 2.45) is 0 Å². The van der Waals surface area contributed by atoms with Gasteiger partial charge in [0.05, 0.1) is 11.1 Å². The van der Waals surface area contributed by atoms with E-state index >= 15 is 0 Å². The molecule has 0 radical (unpaired) electrons. The monoisotopic (exact) mass is 275 g/mol. The molecule has 1 aromatic carbocycles. The van der Waals surface area contributed by atoms with E-state index in [-0.39, 0.29) is 5.91 Å². The van der Waals surface area contributed by atoms with Gasteiger partial charge in [-0.3, -0.25) is 4.79 Å². The minimum atomic E-state index is -0.0913. The highest BCUT2D eigenvalue weighted by Crippen LogP contribution is 2.19. The van der Waals surface area contributed by atoms with Crippen LogP contribution in [-0.4, -0.2) is 29.4 Å². The van der Waals surface area contributed by atoms with E-state index < -0.39 is 0 Å². The van der Waals surface area contributed by atoms with Gasteiger partial charge in [0.25, 0.3) is 5.91 Å². The van der Waals surface area contributed by atoms with Crippen molar-refractivity contribution in [1.82, 2.24) is 10.3 Å². The zero-order valence-corrected chi connectivity index (χ0v) is 11.7. The molecule has 0 aliphatic carbocycles. The van der Waals surface area contributed by atoms with Crippen molar-refractivity contribution in [3.8, 4) is 0 Å². The quantitative estimate of drug-likeness (QED) is 0.822. The summed E-state index contributed by atoms with van der Waals surface area (Å²) in [5.74, 6) is 1.32. The van der Waals surface area contributed by atoms with Crippen LogP contribution in [0.2, 0.25) is 0 Å². The Morgan fingerprint density at radius 3 is 3.00 bits per heavy atom. The molecule has 0 aliphatic heterocycles. The van der Waals surface area contributed by atoms with Gasteiger partial charge >= 0.3 is 0 Å². The third-order valence-corrected chi connectivity index (χ3v) is 3.49. The molecule has 0 fully saturated rings. The molecule has 5 heteroatoms. The number of para-hydroxylation sites is 1. The van der Waals surface area contributed by atoms with Crippen LogP contribution in [0.1, 0.15) is 16.8 Å². The molecule has 0 unspecified atom stereocenters. The summed E-state index contributed by atoms with van der Waals surface area (Å²) >= 11 is 1.77. The molecule has 0 spiro atoms. The number of anilines is 1. The molecule has 2 aromatic rings. The van der Waals surface area contributed by atoms with Gasteiger partial charge in [0.1, 0.15) is 5.82 Å². The number of nitrogens with zero attached hydrogens (tertiary/aromatic N) is 1. The molecule has 19 heavy (non-hydrogen) atoms. The van der Waals surface area contributed by atoms with Gasteiger partial charge in [0.15, 0.2) is 0 Å². The van der Waals surface area contributed by atoms with E-state index in [0.717, 1.165) is 23.1 Å². The fourth-order valence-corrected chi connectivity index (χ4v) is 2.33. The zero-order chi connectivity index (χ0) is 13.7. The second-order valence-corrected chi connectivity index (χ2v) is 5.20. The Morgan fingerprint density at radius 2 is 2.21 bits per heavy atom. The molecule has 0 bridgehead atoms. The molecule has 0 saturated carbocycles. The summed E-state index contributed by atoms with van der Waals surface area (Å²) in [7, 11) is 0. The highest BCUT2D eigenvalue weighted by molar-refractivity contribution is 7.98. The number of rotatable bonds is 5. The summed E-state index contributed by atoms with van der Waals surface area (Å²) in [4.78, 5) is 16.4. The van der Waals surface area contributed by atoms with Gasteiger partial charge in [-0.2, -0.15) is 11.8 Å². The lowest BCUT2D eigenvalue weighted by atomic mass is 10.1. The molecule has 2 rings (SSSR count). The van der Waals surface area contributed by atoms with Crippen LogP contribution in [0.3, 0.4) is 0 Å². The second kappa shape index (κ2) is 6.43.